The van der Waals surface area contributed by atoms with E-state index in [9.17, 15) is 13.0 Å². The van der Waals surface area contributed by atoms with Crippen LogP contribution in [0.25, 0.3) is 11.2 Å². The van der Waals surface area contributed by atoms with Crippen LogP contribution in [0, 0.1) is 6.92 Å². The van der Waals surface area contributed by atoms with Crippen LogP contribution in [0.5, 0.6) is 0 Å². The number of rotatable bonds is 2. The molecule has 0 spiro atoms. The van der Waals surface area contributed by atoms with Crippen LogP contribution in [0.4, 0.5) is 0 Å². The van der Waals surface area contributed by atoms with Crippen LogP contribution >= 0.6 is 11.8 Å². The lowest BCUT2D eigenvalue weighted by molar-refractivity contribution is -0.692. The highest BCUT2D eigenvalue weighted by molar-refractivity contribution is 7.98. The molecule has 0 aliphatic carbocycles. The average molecular weight is 352 g/mol. The molecule has 0 saturated carbocycles. The van der Waals surface area contributed by atoms with E-state index in [1.807, 2.05) is 36.9 Å². The van der Waals surface area contributed by atoms with Gasteiger partial charge in [-0.25, -0.2) is 13.4 Å². The van der Waals surface area contributed by atoms with E-state index < -0.39 is 10.1 Å². The van der Waals surface area contributed by atoms with Gasteiger partial charge in [0.1, 0.15) is 17.2 Å². The van der Waals surface area contributed by atoms with Gasteiger partial charge in [0.25, 0.3) is 11.2 Å². The lowest BCUT2D eigenvalue weighted by atomic mass is 10.2. The average Bonchev–Trinajstić information content (AvgIpc) is 2.84. The molecule has 2 heterocycles. The number of aromatic nitrogens is 2. The Bertz CT molecular complexity index is 903. The molecule has 0 fully saturated rings. The number of hydrogen-bond donors (Lipinski definition) is 0. The van der Waals surface area contributed by atoms with E-state index in [0.717, 1.165) is 16.3 Å². The molecule has 0 bridgehead atoms. The minimum atomic E-state index is -4.27. The number of hydrogen-bond acceptors (Lipinski definition) is 6. The quantitative estimate of drug-likeness (QED) is 0.399. The zero-order valence-corrected chi connectivity index (χ0v) is 14.5. The molecule has 122 valence electrons. The van der Waals surface area contributed by atoms with Crippen LogP contribution in [0.15, 0.2) is 57.1 Å². The molecule has 0 amide bonds. The number of benzene rings is 1. The molecule has 0 saturated heterocycles. The first-order chi connectivity index (χ1) is 10.8. The van der Waals surface area contributed by atoms with Gasteiger partial charge in [-0.3, -0.25) is 0 Å². The molecular weight excluding hydrogens is 336 g/mol. The Labute approximate surface area is 138 Å². The fourth-order valence-electron chi connectivity index (χ4n) is 1.85. The summed E-state index contributed by atoms with van der Waals surface area (Å²) in [5, 5.41) is 0.878. The van der Waals surface area contributed by atoms with Gasteiger partial charge in [-0.05, 0) is 43.1 Å². The highest BCUT2D eigenvalue weighted by Gasteiger charge is 2.17. The highest BCUT2D eigenvalue weighted by Crippen LogP contribution is 2.16. The van der Waals surface area contributed by atoms with E-state index >= 15 is 0 Å². The molecule has 6 nitrogen and oxygen atoms in total. The number of thioether (sulfide) groups is 1. The summed E-state index contributed by atoms with van der Waals surface area (Å²) in [5.74, 6) is 0. The zero-order valence-electron chi connectivity index (χ0n) is 12.9. The fourth-order valence-corrected chi connectivity index (χ4v) is 2.85. The normalized spacial score (nSPS) is 11.1. The molecule has 0 N–H and O–H groups in total. The molecule has 23 heavy (non-hydrogen) atoms. The highest BCUT2D eigenvalue weighted by atomic mass is 32.2. The van der Waals surface area contributed by atoms with Crippen LogP contribution < -0.4 is 4.57 Å². The van der Waals surface area contributed by atoms with E-state index in [1.165, 1.54) is 12.1 Å². The van der Waals surface area contributed by atoms with Gasteiger partial charge < -0.3 is 8.97 Å². The fraction of sp³-hybridized carbons (Fsp3) is 0.200. The van der Waals surface area contributed by atoms with Crippen LogP contribution in [-0.2, 0) is 17.2 Å². The lowest BCUT2D eigenvalue weighted by Gasteiger charge is -2.05. The molecule has 0 aliphatic rings. The molecule has 8 heteroatoms. The summed E-state index contributed by atoms with van der Waals surface area (Å²) in [6.07, 6.45) is 3.72. The number of aryl methyl sites for hydroxylation is 2. The summed E-state index contributed by atoms with van der Waals surface area (Å²) in [5.41, 5.74) is 2.66. The third-order valence-corrected chi connectivity index (χ3v) is 4.61. The first-order valence-electron chi connectivity index (χ1n) is 6.63. The topological polar surface area (TPSA) is 87.1 Å². The Morgan fingerprint density at radius 2 is 1.87 bits per heavy atom. The van der Waals surface area contributed by atoms with Gasteiger partial charge >= 0.3 is 5.22 Å². The second kappa shape index (κ2) is 7.12. The number of oxazole rings is 1. The predicted molar refractivity (Wildman–Crippen MR) is 86.1 cm³/mol. The summed E-state index contributed by atoms with van der Waals surface area (Å²) in [6, 6.07) is 9.68. The Hall–Kier alpha value is -1.90. The van der Waals surface area contributed by atoms with Crippen LogP contribution in [-0.4, -0.2) is 24.2 Å². The predicted octanol–water partition coefficient (Wildman–Crippen LogP) is 2.27. The van der Waals surface area contributed by atoms with Crippen molar-refractivity contribution in [2.45, 2.75) is 17.0 Å². The van der Waals surface area contributed by atoms with Crippen molar-refractivity contribution in [3.05, 3.63) is 48.2 Å². The van der Waals surface area contributed by atoms with E-state index in [1.54, 1.807) is 30.1 Å². The minimum absolute atomic E-state index is 0.178. The van der Waals surface area contributed by atoms with Crippen molar-refractivity contribution in [1.82, 2.24) is 4.98 Å². The molecular formula is C15H16N2O4S2. The first-order valence-corrected chi connectivity index (χ1v) is 9.26. The molecule has 0 aliphatic heterocycles. The van der Waals surface area contributed by atoms with Crippen molar-refractivity contribution in [2.24, 2.45) is 7.05 Å². The smallest absolute Gasteiger partial charge is 0.413 e. The van der Waals surface area contributed by atoms with Gasteiger partial charge in [0.2, 0.25) is 0 Å². The second-order valence-electron chi connectivity index (χ2n) is 4.73. The Kier molecular flexibility index (Phi) is 5.40. The van der Waals surface area contributed by atoms with Crippen molar-refractivity contribution < 1.29 is 22.0 Å². The number of pyridine rings is 1. The maximum atomic E-state index is 10.4. The second-order valence-corrected chi connectivity index (χ2v) is 6.86. The number of nitrogens with zero attached hydrogens (tertiary/aromatic N) is 2. The van der Waals surface area contributed by atoms with Crippen molar-refractivity contribution in [2.75, 3.05) is 6.26 Å². The molecule has 0 unspecified atom stereocenters. The maximum absolute atomic E-state index is 10.4. The van der Waals surface area contributed by atoms with Gasteiger partial charge in [0, 0.05) is 12.3 Å². The number of fused-ring (bicyclic) bond motifs is 1. The third kappa shape index (κ3) is 4.31. The summed E-state index contributed by atoms with van der Waals surface area (Å²) >= 11 is 1.58. The van der Waals surface area contributed by atoms with Crippen LogP contribution in [0.3, 0.4) is 0 Å². The Morgan fingerprint density at radius 1 is 1.22 bits per heavy atom. The molecule has 1 aromatic carbocycles. The van der Waals surface area contributed by atoms with Gasteiger partial charge in [-0.2, -0.15) is 4.57 Å². The Balaban J connectivity index is 0.000000168. The molecule has 3 rings (SSSR count). The zero-order chi connectivity index (χ0) is 17.0. The molecule has 0 radical (unpaired) electrons. The van der Waals surface area contributed by atoms with Gasteiger partial charge in [0.15, 0.2) is 0 Å². The van der Waals surface area contributed by atoms with E-state index in [-0.39, 0.29) is 4.90 Å². The van der Waals surface area contributed by atoms with Crippen molar-refractivity contribution in [3.63, 3.8) is 0 Å². The van der Waals surface area contributed by atoms with Gasteiger partial charge in [-0.15, -0.1) is 0 Å². The van der Waals surface area contributed by atoms with E-state index in [0.29, 0.717) is 5.71 Å². The molecule has 3 aromatic rings. The third-order valence-electron chi connectivity index (χ3n) is 3.05. The summed E-state index contributed by atoms with van der Waals surface area (Å²) < 4.78 is 38.6. The summed E-state index contributed by atoms with van der Waals surface area (Å²) in [7, 11) is -2.30. The SMILES string of the molecule is CSc1oc2ncccc2[n+]1C.Cc1ccc(S(=O)(=O)[O-])cc1. The van der Waals surface area contributed by atoms with Crippen molar-refractivity contribution in [1.29, 1.82) is 0 Å². The van der Waals surface area contributed by atoms with E-state index in [4.69, 9.17) is 4.42 Å². The summed E-state index contributed by atoms with van der Waals surface area (Å²) in [4.78, 5) is 3.93. The molecule has 2 aromatic heterocycles. The first kappa shape index (κ1) is 17.5. The van der Waals surface area contributed by atoms with Crippen molar-refractivity contribution >= 4 is 33.1 Å². The minimum Gasteiger partial charge on any atom is -0.744 e. The lowest BCUT2D eigenvalue weighted by Crippen LogP contribution is -2.28. The molecule has 0 atom stereocenters. The van der Waals surface area contributed by atoms with Crippen molar-refractivity contribution in [3.8, 4) is 0 Å². The van der Waals surface area contributed by atoms with Gasteiger partial charge in [0.05, 0.1) is 4.90 Å². The van der Waals surface area contributed by atoms with Gasteiger partial charge in [-0.1, -0.05) is 17.7 Å². The monoisotopic (exact) mass is 352 g/mol. The van der Waals surface area contributed by atoms with E-state index in [2.05, 4.69) is 4.98 Å². The summed E-state index contributed by atoms with van der Waals surface area (Å²) in [6.45, 7) is 1.82. The Morgan fingerprint density at radius 3 is 2.39 bits per heavy atom. The standard InChI is InChI=1S/C8H9N2OS.C7H8O3S/c1-10-6-4-3-5-9-7(6)11-8(10)12-2;1-6-2-4-7(5-3-6)11(8,9)10/h3-5H,1-2H3;2-5H,1H3,(H,8,9,10)/q+1;/p-1. The van der Waals surface area contributed by atoms with Crippen LogP contribution in [0.2, 0.25) is 0 Å². The van der Waals surface area contributed by atoms with Crippen LogP contribution in [0.1, 0.15) is 5.56 Å². The maximum Gasteiger partial charge on any atom is 0.413 e. The largest absolute Gasteiger partial charge is 0.744 e.